The summed E-state index contributed by atoms with van der Waals surface area (Å²) in [5.74, 6) is -1.14. The lowest BCUT2D eigenvalue weighted by Gasteiger charge is -2.43. The molecule has 0 spiro atoms. The molecule has 9 heteroatoms. The van der Waals surface area contributed by atoms with Crippen molar-refractivity contribution in [1.29, 1.82) is 0 Å². The van der Waals surface area contributed by atoms with Gasteiger partial charge in [0.05, 0.1) is 13.2 Å². The number of hydrogen-bond donors (Lipinski definition) is 1. The summed E-state index contributed by atoms with van der Waals surface area (Å²) < 4.78 is 16.3. The Morgan fingerprint density at radius 1 is 1.10 bits per heavy atom. The summed E-state index contributed by atoms with van der Waals surface area (Å²) in [5.41, 5.74) is 1.37. The van der Waals surface area contributed by atoms with Crippen molar-refractivity contribution in [2.45, 2.75) is 16.7 Å². The Hall–Kier alpha value is -3.30. The minimum Gasteiger partial charge on any atom is -0.502 e. The second-order valence-electron chi connectivity index (χ2n) is 7.21. The van der Waals surface area contributed by atoms with Crippen LogP contribution < -0.4 is 10.4 Å². The van der Waals surface area contributed by atoms with Crippen LogP contribution in [-0.2, 0) is 10.6 Å². The van der Waals surface area contributed by atoms with Gasteiger partial charge in [0.2, 0.25) is 5.43 Å². The van der Waals surface area contributed by atoms with Crippen LogP contribution in [0.5, 0.6) is 5.75 Å². The van der Waals surface area contributed by atoms with E-state index in [1.807, 2.05) is 30.3 Å². The molecule has 1 atom stereocenters. The lowest BCUT2D eigenvalue weighted by atomic mass is 9.94. The van der Waals surface area contributed by atoms with Crippen molar-refractivity contribution in [2.24, 2.45) is 0 Å². The van der Waals surface area contributed by atoms with Gasteiger partial charge in [0.1, 0.15) is 12.5 Å². The van der Waals surface area contributed by atoms with E-state index in [1.165, 1.54) is 30.1 Å². The molecule has 5 rings (SSSR count). The molecule has 1 N–H and O–H groups in total. The molecule has 0 saturated carbocycles. The van der Waals surface area contributed by atoms with Crippen LogP contribution in [-0.4, -0.2) is 34.5 Å². The number of benzene rings is 2. The maximum atomic E-state index is 14.8. The lowest BCUT2D eigenvalue weighted by molar-refractivity contribution is -0.105. The van der Waals surface area contributed by atoms with Crippen LogP contribution in [0.15, 0.2) is 64.4 Å². The first-order valence-electron chi connectivity index (χ1n) is 9.57. The molecule has 3 aromatic rings. The highest BCUT2D eigenvalue weighted by molar-refractivity contribution is 7.98. The number of nitrogens with zero attached hydrogens (tertiary/aromatic N) is 3. The molecule has 0 fully saturated rings. The molecule has 3 heterocycles. The van der Waals surface area contributed by atoms with Crippen molar-refractivity contribution in [3.63, 3.8) is 0 Å². The van der Waals surface area contributed by atoms with Gasteiger partial charge in [0.25, 0.3) is 0 Å². The number of carbonyl (C=O) groups is 1. The first kappa shape index (κ1) is 19.7. The van der Waals surface area contributed by atoms with Gasteiger partial charge in [0, 0.05) is 28.5 Å². The summed E-state index contributed by atoms with van der Waals surface area (Å²) in [6, 6.07) is 13.4. The van der Waals surface area contributed by atoms with E-state index in [1.54, 1.807) is 22.8 Å². The Kier molecular flexibility index (Phi) is 4.71. The third kappa shape index (κ3) is 3.00. The fourth-order valence-electron chi connectivity index (χ4n) is 4.12. The molecule has 7 nitrogen and oxygen atoms in total. The molecule has 2 aromatic carbocycles. The Bertz CT molecular complexity index is 1260. The number of halogens is 1. The zero-order valence-electron chi connectivity index (χ0n) is 16.5. The summed E-state index contributed by atoms with van der Waals surface area (Å²) in [4.78, 5) is 31.1. The minimum absolute atomic E-state index is 0.00423. The molecule has 1 aromatic heterocycles. The van der Waals surface area contributed by atoms with Crippen molar-refractivity contribution in [3.05, 3.63) is 93.2 Å². The molecule has 0 radical (unpaired) electrons. The van der Waals surface area contributed by atoms with Crippen molar-refractivity contribution in [2.75, 3.05) is 18.8 Å². The van der Waals surface area contributed by atoms with Gasteiger partial charge in [0.15, 0.2) is 11.4 Å². The predicted octanol–water partition coefficient (Wildman–Crippen LogP) is 3.00. The van der Waals surface area contributed by atoms with Gasteiger partial charge in [-0.1, -0.05) is 30.3 Å². The van der Waals surface area contributed by atoms with Crippen LogP contribution in [0.4, 0.5) is 4.39 Å². The van der Waals surface area contributed by atoms with Crippen molar-refractivity contribution in [3.8, 4) is 5.75 Å². The fourth-order valence-corrected chi connectivity index (χ4v) is 5.24. The zero-order chi connectivity index (χ0) is 21.7. The molecule has 2 aliphatic heterocycles. The third-order valence-electron chi connectivity index (χ3n) is 5.59. The monoisotopic (exact) mass is 439 g/mol. The molecule has 1 amide bonds. The quantitative estimate of drug-likeness (QED) is 0.662. The molecular weight excluding hydrogens is 421 g/mol. The highest BCUT2D eigenvalue weighted by atomic mass is 32.2. The number of rotatable bonds is 2. The summed E-state index contributed by atoms with van der Waals surface area (Å²) in [6.45, 7) is 0.00423. The van der Waals surface area contributed by atoms with Crippen LogP contribution in [0.25, 0.3) is 0 Å². The lowest BCUT2D eigenvalue weighted by Crippen LogP contribution is -2.55. The van der Waals surface area contributed by atoms with Gasteiger partial charge in [-0.25, -0.2) is 4.39 Å². The normalized spacial score (nSPS) is 17.6. The standard InChI is InChI=1S/C22H18FN3O4S/c1-30-26-12-25(24-10-9-17(27)21(28)20(24)22(26)29)19-13-6-4-7-16(23)15(13)11-31-18-8-3-2-5-14(18)19/h2-10,19,28H,11-12H2,1H3/t19-/m0/s1. The van der Waals surface area contributed by atoms with E-state index in [-0.39, 0.29) is 18.2 Å². The smallest absolute Gasteiger partial charge is 0.301 e. The van der Waals surface area contributed by atoms with Crippen molar-refractivity contribution < 1.29 is 19.1 Å². The van der Waals surface area contributed by atoms with E-state index in [2.05, 4.69) is 0 Å². The Labute approximate surface area is 181 Å². The van der Waals surface area contributed by atoms with E-state index in [9.17, 15) is 19.1 Å². The topological polar surface area (TPSA) is 75.0 Å². The van der Waals surface area contributed by atoms with E-state index in [4.69, 9.17) is 4.84 Å². The van der Waals surface area contributed by atoms with Gasteiger partial charge in [-0.05, 0) is 23.3 Å². The summed E-state index contributed by atoms with van der Waals surface area (Å²) in [6.07, 6.45) is 1.45. The number of aromatic hydroxyl groups is 1. The molecule has 158 valence electrons. The first-order chi connectivity index (χ1) is 15.0. The van der Waals surface area contributed by atoms with Crippen LogP contribution in [0.2, 0.25) is 0 Å². The van der Waals surface area contributed by atoms with Gasteiger partial charge < -0.3 is 5.11 Å². The summed E-state index contributed by atoms with van der Waals surface area (Å²) in [5, 5.41) is 13.3. The number of aromatic nitrogens is 1. The first-order valence-corrected chi connectivity index (χ1v) is 10.6. The second-order valence-corrected chi connectivity index (χ2v) is 8.22. The van der Waals surface area contributed by atoms with E-state index >= 15 is 0 Å². The van der Waals surface area contributed by atoms with Gasteiger partial charge in [-0.2, -0.15) is 5.06 Å². The maximum Gasteiger partial charge on any atom is 0.301 e. The number of fused-ring (bicyclic) bond motifs is 3. The Morgan fingerprint density at radius 3 is 2.68 bits per heavy atom. The largest absolute Gasteiger partial charge is 0.502 e. The molecule has 0 saturated heterocycles. The van der Waals surface area contributed by atoms with Crippen molar-refractivity contribution in [1.82, 2.24) is 9.74 Å². The van der Waals surface area contributed by atoms with E-state index < -0.39 is 23.1 Å². The molecule has 31 heavy (non-hydrogen) atoms. The summed E-state index contributed by atoms with van der Waals surface area (Å²) >= 11 is 1.54. The van der Waals surface area contributed by atoms with Crippen molar-refractivity contribution >= 4 is 17.7 Å². The number of pyridine rings is 1. The molecule has 0 unspecified atom stereocenters. The highest BCUT2D eigenvalue weighted by Crippen LogP contribution is 2.43. The van der Waals surface area contributed by atoms with E-state index in [0.717, 1.165) is 21.1 Å². The van der Waals surface area contributed by atoms with Crippen LogP contribution in [0, 0.1) is 5.82 Å². The van der Waals surface area contributed by atoms with Crippen LogP contribution in [0.3, 0.4) is 0 Å². The number of amides is 1. The third-order valence-corrected chi connectivity index (χ3v) is 6.70. The van der Waals surface area contributed by atoms with Gasteiger partial charge in [-0.3, -0.25) is 24.1 Å². The number of hydroxylamine groups is 2. The Morgan fingerprint density at radius 2 is 1.87 bits per heavy atom. The molecular formula is C22H18FN3O4S. The van der Waals surface area contributed by atoms with Gasteiger partial charge >= 0.3 is 5.91 Å². The average molecular weight is 439 g/mol. The molecule has 2 aliphatic rings. The van der Waals surface area contributed by atoms with Crippen LogP contribution >= 0.6 is 11.8 Å². The zero-order valence-corrected chi connectivity index (χ0v) is 17.3. The van der Waals surface area contributed by atoms with Gasteiger partial charge in [-0.15, -0.1) is 11.8 Å². The van der Waals surface area contributed by atoms with Crippen LogP contribution in [0.1, 0.15) is 33.2 Å². The minimum atomic E-state index is -0.666. The molecule has 0 aliphatic carbocycles. The van der Waals surface area contributed by atoms with E-state index in [0.29, 0.717) is 11.3 Å². The number of carbonyl (C=O) groups excluding carboxylic acids is 1. The maximum absolute atomic E-state index is 14.8. The molecule has 0 bridgehead atoms. The second kappa shape index (κ2) is 7.44. The number of thioether (sulfide) groups is 1. The Balaban J connectivity index is 1.80. The SMILES string of the molecule is CON1CN([C@@H]2c3ccccc3SCc3c(F)cccc32)n2ccc(=O)c(O)c2C1=O. The predicted molar refractivity (Wildman–Crippen MR) is 113 cm³/mol. The summed E-state index contributed by atoms with van der Waals surface area (Å²) in [7, 11) is 1.34. The number of hydrogen-bond acceptors (Lipinski definition) is 6. The average Bonchev–Trinajstić information content (AvgIpc) is 2.94. The fraction of sp³-hybridized carbons (Fsp3) is 0.182. The highest BCUT2D eigenvalue weighted by Gasteiger charge is 2.39.